The largest absolute Gasteiger partial charge is 0.256 e. The summed E-state index contributed by atoms with van der Waals surface area (Å²) in [6.07, 6.45) is 3.73. The Morgan fingerprint density at radius 3 is 1.18 bits per heavy atom. The molecule has 0 aliphatic rings. The second-order valence-electron chi connectivity index (χ2n) is 10.6. The van der Waals surface area contributed by atoms with E-state index in [2.05, 4.69) is 66.7 Å². The molecule has 0 radical (unpaired) electrons. The summed E-state index contributed by atoms with van der Waals surface area (Å²) in [6, 6.07) is 47.2. The van der Waals surface area contributed by atoms with Gasteiger partial charge in [-0.3, -0.25) is 9.97 Å². The Labute approximate surface area is 254 Å². The van der Waals surface area contributed by atoms with Gasteiger partial charge in [-0.1, -0.05) is 109 Å². The number of rotatable bonds is 5. The van der Waals surface area contributed by atoms with E-state index in [1.165, 1.54) is 0 Å². The molecule has 206 valence electrons. The van der Waals surface area contributed by atoms with Crippen LogP contribution in [0.3, 0.4) is 0 Å². The molecule has 44 heavy (non-hydrogen) atoms. The molecule has 0 saturated carbocycles. The Morgan fingerprint density at radius 1 is 0.318 bits per heavy atom. The maximum Gasteiger partial charge on any atom is 0.164 e. The standard InChI is InChI=1S/C39H25N5/c1-3-13-28(14-4-1)37-42-38(29-15-5-2-6-16-29)44-39(43-37)32-24-30(35-33-17-9-7-11-26(33)19-21-40-35)23-31(25-32)36-34-18-10-8-12-27(34)20-22-41-36/h1-25H. The van der Waals surface area contributed by atoms with E-state index in [1.807, 2.05) is 85.2 Å². The van der Waals surface area contributed by atoms with E-state index >= 15 is 0 Å². The van der Waals surface area contributed by atoms with Crippen molar-refractivity contribution in [3.8, 4) is 56.7 Å². The van der Waals surface area contributed by atoms with Crippen molar-refractivity contribution in [1.82, 2.24) is 24.9 Å². The zero-order chi connectivity index (χ0) is 29.3. The van der Waals surface area contributed by atoms with Crippen molar-refractivity contribution < 1.29 is 0 Å². The summed E-state index contributed by atoms with van der Waals surface area (Å²) >= 11 is 0. The van der Waals surface area contributed by atoms with Crippen molar-refractivity contribution in [2.24, 2.45) is 0 Å². The van der Waals surface area contributed by atoms with Crippen LogP contribution >= 0.6 is 0 Å². The Bertz CT molecular complexity index is 2120. The lowest BCUT2D eigenvalue weighted by Crippen LogP contribution is -2.01. The molecule has 0 aliphatic carbocycles. The lowest BCUT2D eigenvalue weighted by Gasteiger charge is -2.13. The first-order chi connectivity index (χ1) is 21.8. The third-order valence-corrected chi connectivity index (χ3v) is 7.78. The van der Waals surface area contributed by atoms with Gasteiger partial charge in [-0.2, -0.15) is 0 Å². The molecule has 5 nitrogen and oxygen atoms in total. The van der Waals surface area contributed by atoms with Crippen molar-refractivity contribution in [3.63, 3.8) is 0 Å². The maximum atomic E-state index is 5.03. The molecule has 0 amide bonds. The highest BCUT2D eigenvalue weighted by Gasteiger charge is 2.17. The van der Waals surface area contributed by atoms with Crippen LogP contribution in [0, 0.1) is 0 Å². The van der Waals surface area contributed by atoms with Gasteiger partial charge in [-0.05, 0) is 41.1 Å². The van der Waals surface area contributed by atoms with Crippen LogP contribution < -0.4 is 0 Å². The second-order valence-corrected chi connectivity index (χ2v) is 10.6. The quantitative estimate of drug-likeness (QED) is 0.209. The topological polar surface area (TPSA) is 64.5 Å². The van der Waals surface area contributed by atoms with E-state index < -0.39 is 0 Å². The summed E-state index contributed by atoms with van der Waals surface area (Å²) in [5.74, 6) is 1.82. The van der Waals surface area contributed by atoms with Gasteiger partial charge in [0, 0.05) is 51.0 Å². The first-order valence-corrected chi connectivity index (χ1v) is 14.5. The monoisotopic (exact) mass is 563 g/mol. The molecule has 3 heterocycles. The van der Waals surface area contributed by atoms with Crippen LogP contribution in [0.15, 0.2) is 152 Å². The summed E-state index contributed by atoms with van der Waals surface area (Å²) < 4.78 is 0. The lowest BCUT2D eigenvalue weighted by molar-refractivity contribution is 1.07. The van der Waals surface area contributed by atoms with Crippen LogP contribution in [-0.2, 0) is 0 Å². The molecule has 5 aromatic carbocycles. The molecule has 0 saturated heterocycles. The second kappa shape index (κ2) is 11.0. The predicted molar refractivity (Wildman–Crippen MR) is 178 cm³/mol. The highest BCUT2D eigenvalue weighted by molar-refractivity contribution is 5.99. The SMILES string of the molecule is c1ccc(-c2nc(-c3ccccc3)nc(-c3cc(-c4nccc5ccccc45)cc(-c4nccc5ccccc45)c3)n2)cc1. The summed E-state index contributed by atoms with van der Waals surface area (Å²) in [5.41, 5.74) is 6.43. The smallest absolute Gasteiger partial charge is 0.164 e. The van der Waals surface area contributed by atoms with E-state index in [-0.39, 0.29) is 0 Å². The van der Waals surface area contributed by atoms with Gasteiger partial charge in [0.2, 0.25) is 0 Å². The van der Waals surface area contributed by atoms with Crippen LogP contribution in [0.2, 0.25) is 0 Å². The van der Waals surface area contributed by atoms with Gasteiger partial charge in [0.25, 0.3) is 0 Å². The van der Waals surface area contributed by atoms with Gasteiger partial charge >= 0.3 is 0 Å². The number of hydrogen-bond donors (Lipinski definition) is 0. The average molecular weight is 564 g/mol. The first kappa shape index (κ1) is 25.6. The summed E-state index contributed by atoms with van der Waals surface area (Å²) in [7, 11) is 0. The molecule has 8 rings (SSSR count). The molecular weight excluding hydrogens is 538 g/mol. The Hall–Kier alpha value is -6.07. The third-order valence-electron chi connectivity index (χ3n) is 7.78. The van der Waals surface area contributed by atoms with Crippen molar-refractivity contribution in [1.29, 1.82) is 0 Å². The lowest BCUT2D eigenvalue weighted by atomic mass is 9.96. The Morgan fingerprint density at radius 2 is 0.705 bits per heavy atom. The van der Waals surface area contributed by atoms with Crippen molar-refractivity contribution in [2.75, 3.05) is 0 Å². The molecule has 0 bridgehead atoms. The van der Waals surface area contributed by atoms with Crippen LogP contribution in [0.4, 0.5) is 0 Å². The van der Waals surface area contributed by atoms with Crippen LogP contribution in [0.5, 0.6) is 0 Å². The van der Waals surface area contributed by atoms with E-state index in [0.29, 0.717) is 17.5 Å². The number of hydrogen-bond acceptors (Lipinski definition) is 5. The highest BCUT2D eigenvalue weighted by Crippen LogP contribution is 2.36. The van der Waals surface area contributed by atoms with E-state index in [0.717, 1.165) is 60.8 Å². The van der Waals surface area contributed by atoms with Crippen molar-refractivity contribution in [3.05, 3.63) is 152 Å². The van der Waals surface area contributed by atoms with Crippen LogP contribution in [-0.4, -0.2) is 24.9 Å². The number of nitrogens with zero attached hydrogens (tertiary/aromatic N) is 5. The molecule has 3 aromatic heterocycles. The predicted octanol–water partition coefficient (Wildman–Crippen LogP) is 9.30. The number of pyridine rings is 2. The molecule has 0 spiro atoms. The third kappa shape index (κ3) is 4.76. The fourth-order valence-electron chi connectivity index (χ4n) is 5.67. The number of benzene rings is 5. The van der Waals surface area contributed by atoms with Crippen molar-refractivity contribution in [2.45, 2.75) is 0 Å². The van der Waals surface area contributed by atoms with Gasteiger partial charge in [-0.25, -0.2) is 15.0 Å². The first-order valence-electron chi connectivity index (χ1n) is 14.5. The normalized spacial score (nSPS) is 11.2. The van der Waals surface area contributed by atoms with Crippen LogP contribution in [0.1, 0.15) is 0 Å². The minimum absolute atomic E-state index is 0.585. The molecule has 0 fully saturated rings. The summed E-state index contributed by atoms with van der Waals surface area (Å²) in [5, 5.41) is 4.42. The molecule has 5 heteroatoms. The van der Waals surface area contributed by atoms with Gasteiger partial charge < -0.3 is 0 Å². The minimum Gasteiger partial charge on any atom is -0.256 e. The zero-order valence-corrected chi connectivity index (χ0v) is 23.7. The number of fused-ring (bicyclic) bond motifs is 2. The fraction of sp³-hybridized carbons (Fsp3) is 0. The van der Waals surface area contributed by atoms with E-state index in [1.54, 1.807) is 0 Å². The van der Waals surface area contributed by atoms with Gasteiger partial charge in [0.15, 0.2) is 17.5 Å². The average Bonchev–Trinajstić information content (AvgIpc) is 3.11. The van der Waals surface area contributed by atoms with Crippen molar-refractivity contribution >= 4 is 21.5 Å². The molecule has 8 aromatic rings. The van der Waals surface area contributed by atoms with Gasteiger partial charge in [0.05, 0.1) is 11.4 Å². The van der Waals surface area contributed by atoms with Crippen LogP contribution in [0.25, 0.3) is 78.2 Å². The van der Waals surface area contributed by atoms with E-state index in [9.17, 15) is 0 Å². The minimum atomic E-state index is 0.585. The molecule has 0 unspecified atom stereocenters. The molecule has 0 aliphatic heterocycles. The fourth-order valence-corrected chi connectivity index (χ4v) is 5.67. The van der Waals surface area contributed by atoms with Gasteiger partial charge in [-0.15, -0.1) is 0 Å². The molecular formula is C39H25N5. The van der Waals surface area contributed by atoms with Gasteiger partial charge in [0.1, 0.15) is 0 Å². The Kier molecular flexibility index (Phi) is 6.39. The zero-order valence-electron chi connectivity index (χ0n) is 23.7. The van der Waals surface area contributed by atoms with E-state index in [4.69, 9.17) is 24.9 Å². The molecule has 0 N–H and O–H groups in total. The maximum absolute atomic E-state index is 5.03. The summed E-state index contributed by atoms with van der Waals surface area (Å²) in [6.45, 7) is 0. The molecule has 0 atom stereocenters. The Balaban J connectivity index is 1.41. The highest BCUT2D eigenvalue weighted by atomic mass is 15.0. The summed E-state index contributed by atoms with van der Waals surface area (Å²) in [4.78, 5) is 24.7. The number of aromatic nitrogens is 5.